The second kappa shape index (κ2) is 8.61. The average Bonchev–Trinajstić information content (AvgIpc) is 2.74. The molecule has 0 radical (unpaired) electrons. The van der Waals surface area contributed by atoms with Gasteiger partial charge >= 0.3 is 0 Å². The number of amides is 1. The van der Waals surface area contributed by atoms with Crippen LogP contribution in [0.4, 0.5) is 4.39 Å². The van der Waals surface area contributed by atoms with E-state index in [0.29, 0.717) is 25.3 Å². The molecular weight excluding hydrogens is 359 g/mol. The number of nitrogens with zero attached hydrogens (tertiary/aromatic N) is 1. The first kappa shape index (κ1) is 18.7. The Balaban J connectivity index is 1.21. The van der Waals surface area contributed by atoms with E-state index in [0.717, 1.165) is 37.4 Å². The number of carbonyl (C=O) groups excluding carboxylic acids is 1. The maximum Gasteiger partial charge on any atom is 0.223 e. The van der Waals surface area contributed by atoms with Gasteiger partial charge in [0.2, 0.25) is 5.91 Å². The molecule has 1 N–H and O–H groups in total. The molecule has 0 aliphatic carbocycles. The number of hydrogen-bond acceptors (Lipinski definition) is 4. The molecule has 2 aromatic rings. The summed E-state index contributed by atoms with van der Waals surface area (Å²) in [7, 11) is 0. The van der Waals surface area contributed by atoms with E-state index in [-0.39, 0.29) is 23.7 Å². The maximum atomic E-state index is 13.8. The van der Waals surface area contributed by atoms with Gasteiger partial charge in [0.1, 0.15) is 18.5 Å². The van der Waals surface area contributed by atoms with Gasteiger partial charge in [0, 0.05) is 18.0 Å². The van der Waals surface area contributed by atoms with Gasteiger partial charge in [-0.05, 0) is 44.1 Å². The van der Waals surface area contributed by atoms with Gasteiger partial charge in [0.15, 0.2) is 11.5 Å². The topological polar surface area (TPSA) is 50.8 Å². The molecule has 2 aliphatic rings. The maximum absolute atomic E-state index is 13.8. The van der Waals surface area contributed by atoms with Crippen molar-refractivity contribution in [3.8, 4) is 11.5 Å². The third-order valence-electron chi connectivity index (χ3n) is 5.38. The highest BCUT2D eigenvalue weighted by Gasteiger charge is 2.27. The highest BCUT2D eigenvalue weighted by molar-refractivity contribution is 5.78. The molecule has 5 nitrogen and oxygen atoms in total. The van der Waals surface area contributed by atoms with E-state index in [2.05, 4.69) is 10.2 Å². The van der Waals surface area contributed by atoms with Crippen molar-refractivity contribution in [3.05, 3.63) is 59.9 Å². The lowest BCUT2D eigenvalue weighted by Gasteiger charge is -2.32. The lowest BCUT2D eigenvalue weighted by atomic mass is 9.95. The number of hydrogen-bond donors (Lipinski definition) is 1. The van der Waals surface area contributed by atoms with Crippen LogP contribution in [0.25, 0.3) is 0 Å². The SMILES string of the molecule is O=C(NC[C@H]1COc2ccccc2O1)C1CCN(Cc2ccccc2F)CC1. The van der Waals surface area contributed by atoms with Gasteiger partial charge in [-0.25, -0.2) is 4.39 Å². The molecule has 0 aromatic heterocycles. The number of nitrogens with one attached hydrogen (secondary N) is 1. The molecule has 2 aromatic carbocycles. The lowest BCUT2D eigenvalue weighted by Crippen LogP contribution is -2.45. The zero-order valence-corrected chi connectivity index (χ0v) is 15.8. The van der Waals surface area contributed by atoms with Crippen LogP contribution in [0.2, 0.25) is 0 Å². The standard InChI is InChI=1S/C22H25FN2O3/c23-19-6-2-1-5-17(19)14-25-11-9-16(10-12-25)22(26)24-13-18-15-27-20-7-3-4-8-21(20)28-18/h1-8,16,18H,9-15H2,(H,24,26)/t18-/m0/s1. The normalized spacial score (nSPS) is 20.0. The van der Waals surface area contributed by atoms with E-state index in [1.54, 1.807) is 6.07 Å². The molecule has 0 spiro atoms. The summed E-state index contributed by atoms with van der Waals surface area (Å²) in [6.07, 6.45) is 1.39. The predicted octanol–water partition coefficient (Wildman–Crippen LogP) is 2.99. The van der Waals surface area contributed by atoms with Crippen molar-refractivity contribution in [2.24, 2.45) is 5.92 Å². The predicted molar refractivity (Wildman–Crippen MR) is 104 cm³/mol. The van der Waals surface area contributed by atoms with Gasteiger partial charge in [-0.15, -0.1) is 0 Å². The van der Waals surface area contributed by atoms with Crippen LogP contribution in [0.15, 0.2) is 48.5 Å². The van der Waals surface area contributed by atoms with E-state index in [4.69, 9.17) is 9.47 Å². The van der Waals surface area contributed by atoms with Crippen LogP contribution in [0.1, 0.15) is 18.4 Å². The molecule has 0 bridgehead atoms. The van der Waals surface area contributed by atoms with Gasteiger partial charge < -0.3 is 14.8 Å². The first-order valence-corrected chi connectivity index (χ1v) is 9.81. The zero-order chi connectivity index (χ0) is 19.3. The summed E-state index contributed by atoms with van der Waals surface area (Å²) < 4.78 is 25.4. The molecule has 4 rings (SSSR count). The molecule has 1 amide bonds. The number of piperidine rings is 1. The Kier molecular flexibility index (Phi) is 5.76. The van der Waals surface area contributed by atoms with Crippen molar-refractivity contribution < 1.29 is 18.7 Å². The molecule has 2 heterocycles. The number of halogens is 1. The summed E-state index contributed by atoms with van der Waals surface area (Å²) in [5.74, 6) is 1.35. The zero-order valence-electron chi connectivity index (χ0n) is 15.8. The van der Waals surface area contributed by atoms with Crippen molar-refractivity contribution >= 4 is 5.91 Å². The van der Waals surface area contributed by atoms with Gasteiger partial charge in [-0.1, -0.05) is 30.3 Å². The van der Waals surface area contributed by atoms with Crippen molar-refractivity contribution in [2.45, 2.75) is 25.5 Å². The first-order valence-electron chi connectivity index (χ1n) is 9.81. The molecule has 1 saturated heterocycles. The molecule has 0 saturated carbocycles. The van der Waals surface area contributed by atoms with Gasteiger partial charge in [-0.3, -0.25) is 9.69 Å². The highest BCUT2D eigenvalue weighted by Crippen LogP contribution is 2.30. The minimum Gasteiger partial charge on any atom is -0.486 e. The molecule has 0 unspecified atom stereocenters. The van der Waals surface area contributed by atoms with Gasteiger partial charge in [0.25, 0.3) is 0 Å². The van der Waals surface area contributed by atoms with Gasteiger partial charge in [0.05, 0.1) is 6.54 Å². The summed E-state index contributed by atoms with van der Waals surface area (Å²) in [6, 6.07) is 14.4. The minimum atomic E-state index is -0.181. The molecule has 2 aliphatic heterocycles. The monoisotopic (exact) mass is 384 g/mol. The second-order valence-corrected chi connectivity index (χ2v) is 7.38. The summed E-state index contributed by atoms with van der Waals surface area (Å²) in [4.78, 5) is 14.7. The van der Waals surface area contributed by atoms with Crippen LogP contribution < -0.4 is 14.8 Å². The summed E-state index contributed by atoms with van der Waals surface area (Å²) >= 11 is 0. The van der Waals surface area contributed by atoms with Crippen LogP contribution in [0, 0.1) is 11.7 Å². The Morgan fingerprint density at radius 2 is 1.79 bits per heavy atom. The number of rotatable bonds is 5. The molecule has 148 valence electrons. The number of likely N-dealkylation sites (tertiary alicyclic amines) is 1. The van der Waals surface area contributed by atoms with E-state index < -0.39 is 0 Å². The van der Waals surface area contributed by atoms with Crippen LogP contribution in [-0.4, -0.2) is 43.2 Å². The van der Waals surface area contributed by atoms with Crippen LogP contribution in [0.3, 0.4) is 0 Å². The Morgan fingerprint density at radius 1 is 1.07 bits per heavy atom. The highest BCUT2D eigenvalue weighted by atomic mass is 19.1. The van der Waals surface area contributed by atoms with Gasteiger partial charge in [-0.2, -0.15) is 0 Å². The summed E-state index contributed by atoms with van der Waals surface area (Å²) in [5, 5.41) is 3.00. The fourth-order valence-corrected chi connectivity index (χ4v) is 3.74. The Labute approximate surface area is 164 Å². The summed E-state index contributed by atoms with van der Waals surface area (Å²) in [5.41, 5.74) is 0.708. The van der Waals surface area contributed by atoms with E-state index in [1.807, 2.05) is 36.4 Å². The summed E-state index contributed by atoms with van der Waals surface area (Å²) in [6.45, 7) is 3.04. The Hall–Kier alpha value is -2.60. The molecule has 6 heteroatoms. The minimum absolute atomic E-state index is 0.00587. The number of carbonyl (C=O) groups is 1. The quantitative estimate of drug-likeness (QED) is 0.861. The Morgan fingerprint density at radius 3 is 2.57 bits per heavy atom. The van der Waals surface area contributed by atoms with Crippen LogP contribution >= 0.6 is 0 Å². The van der Waals surface area contributed by atoms with Crippen LogP contribution in [0.5, 0.6) is 11.5 Å². The van der Waals surface area contributed by atoms with Crippen molar-refractivity contribution in [1.29, 1.82) is 0 Å². The largest absolute Gasteiger partial charge is 0.486 e. The third kappa shape index (κ3) is 4.44. The number of benzene rings is 2. The number of para-hydroxylation sites is 2. The van der Waals surface area contributed by atoms with E-state index in [1.165, 1.54) is 6.07 Å². The van der Waals surface area contributed by atoms with Crippen LogP contribution in [-0.2, 0) is 11.3 Å². The molecular formula is C22H25FN2O3. The molecule has 28 heavy (non-hydrogen) atoms. The van der Waals surface area contributed by atoms with Crippen molar-refractivity contribution in [2.75, 3.05) is 26.2 Å². The Bertz CT molecular complexity index is 821. The number of ether oxygens (including phenoxy) is 2. The molecule has 1 atom stereocenters. The fourth-order valence-electron chi connectivity index (χ4n) is 3.74. The smallest absolute Gasteiger partial charge is 0.223 e. The second-order valence-electron chi connectivity index (χ2n) is 7.38. The van der Waals surface area contributed by atoms with E-state index >= 15 is 0 Å². The molecule has 1 fully saturated rings. The third-order valence-corrected chi connectivity index (χ3v) is 5.38. The number of fused-ring (bicyclic) bond motifs is 1. The van der Waals surface area contributed by atoms with Crippen molar-refractivity contribution in [1.82, 2.24) is 10.2 Å². The first-order chi connectivity index (χ1) is 13.7. The lowest BCUT2D eigenvalue weighted by molar-refractivity contribution is -0.127. The van der Waals surface area contributed by atoms with E-state index in [9.17, 15) is 9.18 Å². The van der Waals surface area contributed by atoms with Crippen molar-refractivity contribution in [3.63, 3.8) is 0 Å². The fraction of sp³-hybridized carbons (Fsp3) is 0.409. The average molecular weight is 384 g/mol.